The third kappa shape index (κ3) is 9.54. The van der Waals surface area contributed by atoms with Crippen LogP contribution in [0.1, 0.15) is 109 Å². The molecule has 0 fully saturated rings. The van der Waals surface area contributed by atoms with Crippen LogP contribution in [-0.2, 0) is 31.9 Å². The minimum Gasteiger partial charge on any atom is -0.507 e. The number of aromatic nitrogens is 3. The van der Waals surface area contributed by atoms with Gasteiger partial charge in [0, 0.05) is 38.5 Å². The van der Waals surface area contributed by atoms with Crippen LogP contribution in [0.25, 0.3) is 83.9 Å². The van der Waals surface area contributed by atoms with Crippen molar-refractivity contribution >= 4 is 11.0 Å². The molecule has 0 saturated heterocycles. The van der Waals surface area contributed by atoms with Crippen LogP contribution in [0.3, 0.4) is 0 Å². The molecule has 0 spiro atoms. The number of benzene rings is 7. The van der Waals surface area contributed by atoms with E-state index >= 15 is 0 Å². The molecule has 68 heavy (non-hydrogen) atoms. The SMILES string of the molecule is Cc1ccc(-c2ccnc(-c3[c-]c(-c4cccc5c4nc(-c4cc(C(C)C)cc(C(C)C)c4O)n5-c4cc(C(C)(C)C)ccc4-c4ccc(C(C)(C)C)cc4)cc(-c4ccccc4)c3)c2)cc1.[Pt]. The van der Waals surface area contributed by atoms with Crippen molar-refractivity contribution in [2.75, 3.05) is 0 Å². The standard InChI is InChI=1S/C63H62N3O.Pt/c1-39(2)46-35-54(40(3)4)60(67)55(36-46)61-65-59-53(18-15-19-57(59)66(61)58-38-51(63(9,10)11)28-29-52(58)44-24-26-50(27-25-44)62(6,7)8)48-32-47(42-16-13-12-14-17-42)33-49(34-48)56-37-45(30-31-64-56)43-22-20-41(5)21-23-43;/h12-33,35-40,67H,1-11H3;/q-1;. The molecule has 5 heteroatoms. The van der Waals surface area contributed by atoms with E-state index in [4.69, 9.17) is 9.97 Å². The average molecular weight is 1070 g/mol. The van der Waals surface area contributed by atoms with Gasteiger partial charge < -0.3 is 5.11 Å². The molecule has 2 aromatic heterocycles. The van der Waals surface area contributed by atoms with E-state index in [0.717, 1.165) is 83.6 Å². The fraction of sp³-hybridized carbons (Fsp3) is 0.238. The number of imidazole rings is 1. The van der Waals surface area contributed by atoms with Crippen LogP contribution in [0.4, 0.5) is 0 Å². The summed E-state index contributed by atoms with van der Waals surface area (Å²) >= 11 is 0. The summed E-state index contributed by atoms with van der Waals surface area (Å²) in [6, 6.07) is 58.4. The van der Waals surface area contributed by atoms with Crippen LogP contribution in [0.2, 0.25) is 0 Å². The van der Waals surface area contributed by atoms with Crippen LogP contribution < -0.4 is 0 Å². The molecule has 0 aliphatic rings. The summed E-state index contributed by atoms with van der Waals surface area (Å²) in [4.78, 5) is 10.6. The molecule has 9 aromatic rings. The van der Waals surface area contributed by atoms with Gasteiger partial charge in [0.15, 0.2) is 0 Å². The summed E-state index contributed by atoms with van der Waals surface area (Å²) in [5, 5.41) is 12.5. The maximum absolute atomic E-state index is 12.5. The maximum atomic E-state index is 12.5. The number of aryl methyl sites for hydroxylation is 1. The molecule has 0 aliphatic heterocycles. The number of pyridine rings is 1. The van der Waals surface area contributed by atoms with Crippen LogP contribution >= 0.6 is 0 Å². The van der Waals surface area contributed by atoms with Crippen LogP contribution in [-0.4, -0.2) is 19.6 Å². The van der Waals surface area contributed by atoms with E-state index in [2.05, 4.69) is 238 Å². The van der Waals surface area contributed by atoms with Gasteiger partial charge in [-0.05, 0) is 98.4 Å². The number of nitrogens with zero attached hydrogens (tertiary/aromatic N) is 3. The molecule has 0 aliphatic carbocycles. The Balaban J connectivity index is 0.00000625. The summed E-state index contributed by atoms with van der Waals surface area (Å²) in [5.41, 5.74) is 19.3. The van der Waals surface area contributed by atoms with Gasteiger partial charge in [0.25, 0.3) is 0 Å². The van der Waals surface area contributed by atoms with Crippen LogP contribution in [0.5, 0.6) is 5.75 Å². The third-order valence-corrected chi connectivity index (χ3v) is 13.2. The van der Waals surface area contributed by atoms with Crippen molar-refractivity contribution in [1.82, 2.24) is 14.5 Å². The van der Waals surface area contributed by atoms with Crippen molar-refractivity contribution in [2.45, 2.75) is 98.8 Å². The Hall–Kier alpha value is -6.35. The molecule has 0 bridgehead atoms. The summed E-state index contributed by atoms with van der Waals surface area (Å²) < 4.78 is 2.30. The molecular formula is C63H62N3OPt-. The Morgan fingerprint density at radius 1 is 0.544 bits per heavy atom. The zero-order valence-electron chi connectivity index (χ0n) is 41.3. The first-order valence-corrected chi connectivity index (χ1v) is 23.8. The number of aromatic hydroxyl groups is 1. The Labute approximate surface area is 418 Å². The predicted octanol–water partition coefficient (Wildman–Crippen LogP) is 17.1. The van der Waals surface area contributed by atoms with Gasteiger partial charge in [-0.3, -0.25) is 9.55 Å². The Bertz CT molecular complexity index is 3260. The van der Waals surface area contributed by atoms with E-state index in [-0.39, 0.29) is 49.5 Å². The first-order chi connectivity index (χ1) is 31.9. The molecule has 0 amide bonds. The number of fused-ring (bicyclic) bond motifs is 1. The monoisotopic (exact) mass is 1070 g/mol. The molecule has 346 valence electrons. The molecule has 2 heterocycles. The van der Waals surface area contributed by atoms with Gasteiger partial charge in [0.1, 0.15) is 11.6 Å². The van der Waals surface area contributed by atoms with Crippen LogP contribution in [0, 0.1) is 13.0 Å². The second-order valence-electron chi connectivity index (χ2n) is 20.9. The van der Waals surface area contributed by atoms with E-state index in [1.165, 1.54) is 16.7 Å². The fourth-order valence-corrected chi connectivity index (χ4v) is 9.10. The molecule has 0 saturated carbocycles. The molecule has 9 rings (SSSR count). The molecule has 4 nitrogen and oxygen atoms in total. The van der Waals surface area contributed by atoms with Gasteiger partial charge in [-0.15, -0.1) is 23.8 Å². The minimum absolute atomic E-state index is 0. The Kier molecular flexibility index (Phi) is 13.4. The van der Waals surface area contributed by atoms with Crippen molar-refractivity contribution in [2.24, 2.45) is 0 Å². The second kappa shape index (κ2) is 19.0. The normalized spacial score (nSPS) is 12.0. The number of hydrogen-bond donors (Lipinski definition) is 1. The van der Waals surface area contributed by atoms with Crippen molar-refractivity contribution < 1.29 is 26.2 Å². The first-order valence-electron chi connectivity index (χ1n) is 23.8. The molecule has 7 aromatic carbocycles. The van der Waals surface area contributed by atoms with E-state index in [9.17, 15) is 5.11 Å². The first kappa shape index (κ1) is 48.1. The van der Waals surface area contributed by atoms with Gasteiger partial charge in [-0.1, -0.05) is 207 Å². The van der Waals surface area contributed by atoms with Gasteiger partial charge in [0.2, 0.25) is 0 Å². The number of hydrogen-bond acceptors (Lipinski definition) is 3. The molecule has 1 N–H and O–H groups in total. The molecule has 0 atom stereocenters. The number of rotatable bonds is 9. The van der Waals surface area contributed by atoms with E-state index in [0.29, 0.717) is 11.4 Å². The molecule has 0 radical (unpaired) electrons. The van der Waals surface area contributed by atoms with Gasteiger partial charge in [-0.25, -0.2) is 4.98 Å². The zero-order valence-corrected chi connectivity index (χ0v) is 43.5. The number of phenolic OH excluding ortho intramolecular Hbond substituents is 1. The fourth-order valence-electron chi connectivity index (χ4n) is 9.10. The van der Waals surface area contributed by atoms with Crippen LogP contribution in [0.15, 0.2) is 158 Å². The van der Waals surface area contributed by atoms with Crippen molar-refractivity contribution in [1.29, 1.82) is 0 Å². The van der Waals surface area contributed by atoms with E-state index < -0.39 is 0 Å². The quantitative estimate of drug-likeness (QED) is 0.147. The van der Waals surface area contributed by atoms with E-state index in [1.54, 1.807) is 0 Å². The average Bonchev–Trinajstić information content (AvgIpc) is 3.70. The van der Waals surface area contributed by atoms with E-state index in [1.807, 2.05) is 6.20 Å². The summed E-state index contributed by atoms with van der Waals surface area (Å²) in [7, 11) is 0. The Morgan fingerprint density at radius 2 is 1.19 bits per heavy atom. The largest absolute Gasteiger partial charge is 0.507 e. The van der Waals surface area contributed by atoms with Gasteiger partial charge in [-0.2, -0.15) is 0 Å². The molecular weight excluding hydrogens is 1010 g/mol. The third-order valence-electron chi connectivity index (χ3n) is 13.2. The maximum Gasteiger partial charge on any atom is 0.148 e. The number of phenols is 1. The van der Waals surface area contributed by atoms with Gasteiger partial charge >= 0.3 is 0 Å². The minimum atomic E-state index is -0.135. The topological polar surface area (TPSA) is 50.9 Å². The van der Waals surface area contributed by atoms with Crippen molar-refractivity contribution in [3.63, 3.8) is 0 Å². The van der Waals surface area contributed by atoms with Crippen molar-refractivity contribution in [3.8, 4) is 78.6 Å². The second-order valence-corrected chi connectivity index (χ2v) is 20.9. The Morgan fingerprint density at radius 3 is 1.85 bits per heavy atom. The zero-order chi connectivity index (χ0) is 47.4. The van der Waals surface area contributed by atoms with Crippen molar-refractivity contribution in [3.05, 3.63) is 192 Å². The smallest absolute Gasteiger partial charge is 0.148 e. The molecule has 0 unspecified atom stereocenters. The summed E-state index contributed by atoms with van der Waals surface area (Å²) in [6.07, 6.45) is 1.89. The summed E-state index contributed by atoms with van der Waals surface area (Å²) in [6.45, 7) is 24.4. The summed E-state index contributed by atoms with van der Waals surface area (Å²) in [5.74, 6) is 1.28. The van der Waals surface area contributed by atoms with Gasteiger partial charge in [0.05, 0.1) is 22.3 Å². The number of para-hydroxylation sites is 1. The predicted molar refractivity (Wildman–Crippen MR) is 282 cm³/mol.